The van der Waals surface area contributed by atoms with Gasteiger partial charge < -0.3 is 20.3 Å². The molecular formula is C27H29N9O2S. The molecule has 1 aliphatic rings. The molecule has 5 heterocycles. The number of benzene rings is 1. The van der Waals surface area contributed by atoms with Gasteiger partial charge >= 0.3 is 0 Å². The van der Waals surface area contributed by atoms with Crippen LogP contribution < -0.4 is 15.4 Å². The molecule has 0 saturated carbocycles. The summed E-state index contributed by atoms with van der Waals surface area (Å²) in [5.41, 5.74) is 5.00. The molecule has 0 spiro atoms. The Bertz CT molecular complexity index is 1680. The van der Waals surface area contributed by atoms with Gasteiger partial charge in [0.25, 0.3) is 5.91 Å². The zero-order valence-corrected chi connectivity index (χ0v) is 22.8. The van der Waals surface area contributed by atoms with Crippen molar-refractivity contribution in [1.82, 2.24) is 39.6 Å². The molecule has 1 amide bonds. The first-order valence-corrected chi connectivity index (χ1v) is 13.7. The van der Waals surface area contributed by atoms with Crippen molar-refractivity contribution in [3.63, 3.8) is 0 Å². The lowest BCUT2D eigenvalue weighted by Gasteiger charge is -2.20. The van der Waals surface area contributed by atoms with Crippen LogP contribution in [0.1, 0.15) is 16.9 Å². The summed E-state index contributed by atoms with van der Waals surface area (Å²) in [5, 5.41) is 16.3. The second kappa shape index (κ2) is 10.5. The number of thioether (sulfide) groups is 1. The van der Waals surface area contributed by atoms with Crippen LogP contribution in [-0.2, 0) is 0 Å². The van der Waals surface area contributed by atoms with Crippen LogP contribution in [-0.4, -0.2) is 86.8 Å². The quantitative estimate of drug-likeness (QED) is 0.284. The molecule has 6 rings (SSSR count). The van der Waals surface area contributed by atoms with E-state index in [4.69, 9.17) is 14.8 Å². The van der Waals surface area contributed by atoms with Crippen molar-refractivity contribution < 1.29 is 9.53 Å². The van der Waals surface area contributed by atoms with Crippen LogP contribution in [0.4, 0.5) is 5.69 Å². The Kier molecular flexibility index (Phi) is 6.79. The minimum absolute atomic E-state index is 0.238. The van der Waals surface area contributed by atoms with Crippen LogP contribution in [0.15, 0.2) is 53.9 Å². The molecule has 0 fully saturated rings. The van der Waals surface area contributed by atoms with Crippen molar-refractivity contribution in [2.24, 2.45) is 0 Å². The van der Waals surface area contributed by atoms with E-state index in [0.717, 1.165) is 52.6 Å². The van der Waals surface area contributed by atoms with E-state index in [1.54, 1.807) is 46.7 Å². The van der Waals surface area contributed by atoms with E-state index in [-0.39, 0.29) is 5.91 Å². The number of carbonyl (C=O) groups is 1. The standard InChI is InChI=1S/C27H29N9O2S/c1-34(2)9-4-7-30-27(37)25-18-15-31-19(17-16-32-35-10-5-6-29-26(17)35)12-21(18)36(33-25)22-14-24-20(13-23(22)38-3)28-8-11-39-24/h5-6,10,12-16,28H,4,7-9,11H2,1-3H3,(H,30,37). The number of fused-ring (bicyclic) bond motifs is 3. The largest absolute Gasteiger partial charge is 0.494 e. The highest BCUT2D eigenvalue weighted by Crippen LogP contribution is 2.39. The van der Waals surface area contributed by atoms with Crippen LogP contribution >= 0.6 is 11.8 Å². The number of pyridine rings is 1. The van der Waals surface area contributed by atoms with Crippen molar-refractivity contribution >= 4 is 39.9 Å². The average molecular weight is 544 g/mol. The van der Waals surface area contributed by atoms with Crippen molar-refractivity contribution in [2.45, 2.75) is 11.3 Å². The van der Waals surface area contributed by atoms with Gasteiger partial charge in [-0.05, 0) is 45.3 Å². The number of aromatic nitrogens is 6. The summed E-state index contributed by atoms with van der Waals surface area (Å²) in [6.07, 6.45) is 7.86. The number of ether oxygens (including phenoxy) is 1. The smallest absolute Gasteiger partial charge is 0.272 e. The number of nitrogens with zero attached hydrogens (tertiary/aromatic N) is 7. The van der Waals surface area contributed by atoms with Crippen LogP contribution in [0, 0.1) is 0 Å². The van der Waals surface area contributed by atoms with Gasteiger partial charge in [-0.3, -0.25) is 9.78 Å². The zero-order valence-electron chi connectivity index (χ0n) is 22.0. The third-order valence-corrected chi connectivity index (χ3v) is 7.64. The fourth-order valence-corrected chi connectivity index (χ4v) is 5.59. The van der Waals surface area contributed by atoms with Gasteiger partial charge in [0.2, 0.25) is 0 Å². The highest BCUT2D eigenvalue weighted by atomic mass is 32.2. The molecule has 0 aliphatic carbocycles. The number of methoxy groups -OCH3 is 1. The van der Waals surface area contributed by atoms with E-state index < -0.39 is 0 Å². The number of anilines is 1. The van der Waals surface area contributed by atoms with E-state index in [1.165, 1.54) is 0 Å². The van der Waals surface area contributed by atoms with Crippen LogP contribution in [0.3, 0.4) is 0 Å². The molecule has 0 bridgehead atoms. The molecule has 0 atom stereocenters. The number of rotatable bonds is 8. The van der Waals surface area contributed by atoms with Crippen molar-refractivity contribution in [1.29, 1.82) is 0 Å². The summed E-state index contributed by atoms with van der Waals surface area (Å²) in [5.74, 6) is 1.38. The molecule has 0 radical (unpaired) electrons. The van der Waals surface area contributed by atoms with Gasteiger partial charge in [-0.25, -0.2) is 14.2 Å². The van der Waals surface area contributed by atoms with Crippen molar-refractivity contribution in [3.8, 4) is 22.7 Å². The number of nitrogens with one attached hydrogen (secondary N) is 2. The van der Waals surface area contributed by atoms with Crippen LogP contribution in [0.2, 0.25) is 0 Å². The Morgan fingerprint density at radius 1 is 1.23 bits per heavy atom. The van der Waals surface area contributed by atoms with Gasteiger partial charge in [0.1, 0.15) is 11.4 Å². The summed E-state index contributed by atoms with van der Waals surface area (Å²) in [4.78, 5) is 25.7. The predicted octanol–water partition coefficient (Wildman–Crippen LogP) is 3.34. The maximum atomic E-state index is 13.3. The predicted molar refractivity (Wildman–Crippen MR) is 152 cm³/mol. The maximum absolute atomic E-state index is 13.3. The number of hydrogen-bond acceptors (Lipinski definition) is 9. The SMILES string of the molecule is COc1cc2c(cc1-n1nc(C(=O)NCCCN(C)C)c3cnc(-c4cnn5cccnc45)cc31)SCCN2. The van der Waals surface area contributed by atoms with Gasteiger partial charge in [0.05, 0.1) is 41.2 Å². The van der Waals surface area contributed by atoms with Gasteiger partial charge in [-0.2, -0.15) is 10.2 Å². The lowest BCUT2D eigenvalue weighted by molar-refractivity contribution is 0.0948. The highest BCUT2D eigenvalue weighted by Gasteiger charge is 2.23. The Morgan fingerprint density at radius 2 is 2.13 bits per heavy atom. The summed E-state index contributed by atoms with van der Waals surface area (Å²) >= 11 is 1.78. The second-order valence-corrected chi connectivity index (χ2v) is 10.6. The molecule has 0 saturated heterocycles. The van der Waals surface area contributed by atoms with Gasteiger partial charge in [0.15, 0.2) is 11.3 Å². The number of hydrogen-bond donors (Lipinski definition) is 2. The van der Waals surface area contributed by atoms with Gasteiger partial charge in [0, 0.05) is 48.4 Å². The summed E-state index contributed by atoms with van der Waals surface area (Å²) in [6, 6.07) is 7.81. The zero-order chi connectivity index (χ0) is 26.9. The maximum Gasteiger partial charge on any atom is 0.272 e. The van der Waals surface area contributed by atoms with Crippen molar-refractivity contribution in [3.05, 3.63) is 54.7 Å². The molecule has 11 nitrogen and oxygen atoms in total. The van der Waals surface area contributed by atoms with E-state index in [0.29, 0.717) is 34.7 Å². The average Bonchev–Trinajstić information content (AvgIpc) is 3.56. The first-order valence-electron chi connectivity index (χ1n) is 12.7. The Balaban J connectivity index is 1.49. The summed E-state index contributed by atoms with van der Waals surface area (Å²) < 4.78 is 9.28. The molecule has 0 unspecified atom stereocenters. The minimum atomic E-state index is -0.238. The van der Waals surface area contributed by atoms with E-state index >= 15 is 0 Å². The van der Waals surface area contributed by atoms with Crippen molar-refractivity contribution in [2.75, 3.05) is 51.9 Å². The lowest BCUT2D eigenvalue weighted by Crippen LogP contribution is -2.27. The third kappa shape index (κ3) is 4.77. The Hall–Kier alpha value is -4.16. The molecular weight excluding hydrogens is 514 g/mol. The Labute approximate surface area is 229 Å². The first-order chi connectivity index (χ1) is 19.0. The summed E-state index contributed by atoms with van der Waals surface area (Å²) in [7, 11) is 5.67. The minimum Gasteiger partial charge on any atom is -0.494 e. The molecule has 39 heavy (non-hydrogen) atoms. The van der Waals surface area contributed by atoms with Gasteiger partial charge in [-0.15, -0.1) is 11.8 Å². The molecule has 1 aliphatic heterocycles. The molecule has 2 N–H and O–H groups in total. The first kappa shape index (κ1) is 25.1. The van der Waals surface area contributed by atoms with E-state index in [2.05, 4.69) is 31.7 Å². The molecule has 200 valence electrons. The lowest BCUT2D eigenvalue weighted by atomic mass is 10.1. The fourth-order valence-electron chi connectivity index (χ4n) is 4.68. The molecule has 12 heteroatoms. The van der Waals surface area contributed by atoms with Crippen LogP contribution in [0.5, 0.6) is 5.75 Å². The fraction of sp³-hybridized carbons (Fsp3) is 0.296. The topological polar surface area (TPSA) is 114 Å². The number of amides is 1. The summed E-state index contributed by atoms with van der Waals surface area (Å²) in [6.45, 7) is 2.33. The van der Waals surface area contributed by atoms with Crippen LogP contribution in [0.25, 0.3) is 33.5 Å². The number of carbonyl (C=O) groups excluding carboxylic acids is 1. The normalized spacial score (nSPS) is 13.0. The second-order valence-electron chi connectivity index (χ2n) is 9.50. The van der Waals surface area contributed by atoms with E-state index in [1.807, 2.05) is 38.5 Å². The molecule has 1 aromatic carbocycles. The molecule has 4 aromatic heterocycles. The molecule has 5 aromatic rings. The van der Waals surface area contributed by atoms with Gasteiger partial charge in [-0.1, -0.05) is 0 Å². The monoisotopic (exact) mass is 543 g/mol. The van der Waals surface area contributed by atoms with E-state index in [9.17, 15) is 4.79 Å². The third-order valence-electron chi connectivity index (χ3n) is 6.59. The highest BCUT2D eigenvalue weighted by molar-refractivity contribution is 7.99. The Morgan fingerprint density at radius 3 is 2.97 bits per heavy atom.